The molecule has 4 rings (SSSR count). The van der Waals surface area contributed by atoms with Gasteiger partial charge >= 0.3 is 0 Å². The lowest BCUT2D eigenvalue weighted by Gasteiger charge is -2.14. The van der Waals surface area contributed by atoms with Gasteiger partial charge in [-0.05, 0) is 53.6 Å². The number of carbonyl (C=O) groups is 1. The topological polar surface area (TPSA) is 38.8 Å². The van der Waals surface area contributed by atoms with Crippen molar-refractivity contribution in [1.82, 2.24) is 0 Å². The molecule has 8 heteroatoms. The van der Waals surface area contributed by atoms with E-state index in [4.69, 9.17) is 44.9 Å². The van der Waals surface area contributed by atoms with Gasteiger partial charge in [0.1, 0.15) is 6.61 Å². The molecule has 1 aliphatic heterocycles. The quantitative estimate of drug-likeness (QED) is 0.269. The second-order valence-electron chi connectivity index (χ2n) is 6.80. The van der Waals surface area contributed by atoms with Crippen LogP contribution in [0.1, 0.15) is 11.1 Å². The zero-order chi connectivity index (χ0) is 22.7. The molecule has 0 aromatic heterocycles. The summed E-state index contributed by atoms with van der Waals surface area (Å²) < 4.78 is 11.9. The smallest absolute Gasteiger partial charge is 0.270 e. The van der Waals surface area contributed by atoms with Crippen molar-refractivity contribution in [3.8, 4) is 11.5 Å². The van der Waals surface area contributed by atoms with Crippen LogP contribution in [0.25, 0.3) is 6.08 Å². The molecule has 162 valence electrons. The normalized spacial score (nSPS) is 14.8. The molecule has 0 bridgehead atoms. The van der Waals surface area contributed by atoms with Crippen LogP contribution in [0.5, 0.6) is 11.5 Å². The first-order valence-corrected chi connectivity index (χ1v) is 11.5. The number of para-hydroxylation sites is 1. The van der Waals surface area contributed by atoms with E-state index in [2.05, 4.69) is 0 Å². The number of methoxy groups -OCH3 is 1. The molecule has 1 fully saturated rings. The molecule has 1 aliphatic rings. The highest BCUT2D eigenvalue weighted by molar-refractivity contribution is 8.27. The molecule has 32 heavy (non-hydrogen) atoms. The number of hydrogen-bond acceptors (Lipinski definition) is 5. The predicted molar refractivity (Wildman–Crippen MR) is 136 cm³/mol. The first-order chi connectivity index (χ1) is 15.5. The van der Waals surface area contributed by atoms with Crippen molar-refractivity contribution >= 4 is 69.2 Å². The summed E-state index contributed by atoms with van der Waals surface area (Å²) in [5, 5.41) is 0.970. The van der Waals surface area contributed by atoms with Crippen LogP contribution in [0, 0.1) is 0 Å². The highest BCUT2D eigenvalue weighted by atomic mass is 35.5. The summed E-state index contributed by atoms with van der Waals surface area (Å²) in [7, 11) is 1.57. The minimum absolute atomic E-state index is 0.148. The highest BCUT2D eigenvalue weighted by Gasteiger charge is 2.33. The average Bonchev–Trinajstić information content (AvgIpc) is 3.08. The van der Waals surface area contributed by atoms with Crippen molar-refractivity contribution in [3.05, 3.63) is 92.8 Å². The molecule has 0 aliphatic carbocycles. The third-order valence-electron chi connectivity index (χ3n) is 4.67. The Balaban J connectivity index is 1.52. The molecule has 0 N–H and O–H groups in total. The molecule has 3 aromatic rings. The Morgan fingerprint density at radius 1 is 1.00 bits per heavy atom. The second-order valence-corrected chi connectivity index (χ2v) is 9.29. The monoisotopic (exact) mass is 501 g/mol. The van der Waals surface area contributed by atoms with Crippen LogP contribution in [0.15, 0.2) is 71.6 Å². The Morgan fingerprint density at radius 3 is 2.50 bits per heavy atom. The number of ether oxygens (including phenoxy) is 2. The van der Waals surface area contributed by atoms with Gasteiger partial charge in [0.2, 0.25) is 0 Å². The number of hydrogen-bond donors (Lipinski definition) is 0. The van der Waals surface area contributed by atoms with E-state index in [0.717, 1.165) is 16.8 Å². The number of halogens is 2. The van der Waals surface area contributed by atoms with Gasteiger partial charge in [-0.15, -0.1) is 0 Å². The van der Waals surface area contributed by atoms with Crippen LogP contribution in [-0.4, -0.2) is 17.3 Å². The molecule has 0 atom stereocenters. The third-order valence-corrected chi connectivity index (χ3v) is 6.71. The summed E-state index contributed by atoms with van der Waals surface area (Å²) >= 11 is 18.7. The van der Waals surface area contributed by atoms with E-state index in [1.807, 2.05) is 48.5 Å². The van der Waals surface area contributed by atoms with E-state index in [1.54, 1.807) is 31.4 Å². The average molecular weight is 502 g/mol. The molecule has 0 unspecified atom stereocenters. The highest BCUT2D eigenvalue weighted by Crippen LogP contribution is 2.37. The lowest BCUT2D eigenvalue weighted by molar-refractivity contribution is -0.113. The lowest BCUT2D eigenvalue weighted by atomic mass is 10.1. The van der Waals surface area contributed by atoms with Gasteiger partial charge in [-0.25, -0.2) is 0 Å². The molecule has 3 aromatic carbocycles. The molecule has 0 radical (unpaired) electrons. The predicted octanol–water partition coefficient (Wildman–Crippen LogP) is 6.99. The van der Waals surface area contributed by atoms with Gasteiger partial charge in [-0.1, -0.05) is 77.5 Å². The van der Waals surface area contributed by atoms with Crippen LogP contribution in [-0.2, 0) is 11.4 Å². The molecule has 0 spiro atoms. The van der Waals surface area contributed by atoms with Crippen molar-refractivity contribution in [2.24, 2.45) is 0 Å². The van der Waals surface area contributed by atoms with E-state index >= 15 is 0 Å². The summed E-state index contributed by atoms with van der Waals surface area (Å²) in [6.45, 7) is 0.308. The zero-order valence-corrected chi connectivity index (χ0v) is 20.0. The maximum Gasteiger partial charge on any atom is 0.270 e. The summed E-state index contributed by atoms with van der Waals surface area (Å²) in [4.78, 5) is 15.0. The molecule has 1 amide bonds. The van der Waals surface area contributed by atoms with Gasteiger partial charge in [0.05, 0.1) is 27.7 Å². The van der Waals surface area contributed by atoms with E-state index in [-0.39, 0.29) is 5.91 Å². The Labute approximate surface area is 205 Å². The number of amides is 1. The van der Waals surface area contributed by atoms with E-state index in [9.17, 15) is 4.79 Å². The summed E-state index contributed by atoms with van der Waals surface area (Å²) in [6.07, 6.45) is 1.80. The molecular weight excluding hydrogens is 485 g/mol. The number of carbonyl (C=O) groups excluding carboxylic acids is 1. The van der Waals surface area contributed by atoms with Gasteiger partial charge in [0, 0.05) is 0 Å². The molecule has 0 saturated carbocycles. The Bertz CT molecular complexity index is 1220. The Hall–Kier alpha value is -2.51. The first kappa shape index (κ1) is 22.7. The summed E-state index contributed by atoms with van der Waals surface area (Å²) in [6, 6.07) is 20.2. The fourth-order valence-corrected chi connectivity index (χ4v) is 4.72. The van der Waals surface area contributed by atoms with Crippen LogP contribution < -0.4 is 14.4 Å². The number of rotatable bonds is 6. The maximum absolute atomic E-state index is 12.9. The summed E-state index contributed by atoms with van der Waals surface area (Å²) in [5.74, 6) is 0.981. The van der Waals surface area contributed by atoms with E-state index < -0.39 is 0 Å². The van der Waals surface area contributed by atoms with Crippen molar-refractivity contribution < 1.29 is 14.3 Å². The molecular formula is C24H17Cl2NO3S2. The minimum Gasteiger partial charge on any atom is -0.493 e. The van der Waals surface area contributed by atoms with Crippen LogP contribution in [0.3, 0.4) is 0 Å². The van der Waals surface area contributed by atoms with Crippen LogP contribution >= 0.6 is 47.2 Å². The van der Waals surface area contributed by atoms with E-state index in [1.165, 1.54) is 16.7 Å². The van der Waals surface area contributed by atoms with Gasteiger partial charge in [0.15, 0.2) is 15.8 Å². The number of anilines is 1. The zero-order valence-electron chi connectivity index (χ0n) is 16.9. The van der Waals surface area contributed by atoms with Gasteiger partial charge in [-0.2, -0.15) is 0 Å². The number of nitrogens with zero attached hydrogens (tertiary/aromatic N) is 1. The fourth-order valence-electron chi connectivity index (χ4n) is 3.10. The number of thiocarbonyl (C=S) groups is 1. The van der Waals surface area contributed by atoms with Gasteiger partial charge in [-0.3, -0.25) is 9.69 Å². The SMILES string of the molecule is COc1cc(/C=C2/SC(=S)N(c3ccccc3)C2=O)ccc1OCc1ccc(Cl)c(Cl)c1. The maximum atomic E-state index is 12.9. The van der Waals surface area contributed by atoms with Crippen molar-refractivity contribution in [2.75, 3.05) is 12.0 Å². The third kappa shape index (κ3) is 4.94. The number of thioether (sulfide) groups is 1. The minimum atomic E-state index is -0.148. The van der Waals surface area contributed by atoms with Gasteiger partial charge < -0.3 is 9.47 Å². The Morgan fingerprint density at radius 2 is 1.78 bits per heavy atom. The standard InChI is InChI=1S/C24H17Cl2NO3S2/c1-29-21-12-15(8-10-20(21)30-14-16-7-9-18(25)19(26)11-16)13-22-23(28)27(24(31)32-22)17-5-3-2-4-6-17/h2-13H,14H2,1H3/b22-13+. The van der Waals surface area contributed by atoms with Crippen LogP contribution in [0.2, 0.25) is 10.0 Å². The van der Waals surface area contributed by atoms with Gasteiger partial charge in [0.25, 0.3) is 5.91 Å². The second kappa shape index (κ2) is 9.96. The molecule has 4 nitrogen and oxygen atoms in total. The lowest BCUT2D eigenvalue weighted by Crippen LogP contribution is -2.27. The van der Waals surface area contributed by atoms with Crippen molar-refractivity contribution in [3.63, 3.8) is 0 Å². The van der Waals surface area contributed by atoms with Crippen molar-refractivity contribution in [1.29, 1.82) is 0 Å². The largest absolute Gasteiger partial charge is 0.493 e. The fraction of sp³-hybridized carbons (Fsp3) is 0.0833. The van der Waals surface area contributed by atoms with Crippen LogP contribution in [0.4, 0.5) is 5.69 Å². The molecule has 1 heterocycles. The van der Waals surface area contributed by atoms with E-state index in [0.29, 0.717) is 37.4 Å². The number of benzene rings is 3. The first-order valence-electron chi connectivity index (χ1n) is 9.54. The molecule has 1 saturated heterocycles. The summed E-state index contributed by atoms with van der Waals surface area (Å²) in [5.41, 5.74) is 2.44. The Kier molecular flexibility index (Phi) is 7.06. The van der Waals surface area contributed by atoms with Crippen molar-refractivity contribution in [2.45, 2.75) is 6.61 Å².